The van der Waals surface area contributed by atoms with Crippen molar-refractivity contribution in [1.29, 1.82) is 0 Å². The van der Waals surface area contributed by atoms with Crippen LogP contribution in [0.2, 0.25) is 0 Å². The van der Waals surface area contributed by atoms with Gasteiger partial charge in [0.1, 0.15) is 23.9 Å². The minimum Gasteiger partial charge on any atom is -0.495 e. The normalized spacial score (nSPS) is 14.1. The summed E-state index contributed by atoms with van der Waals surface area (Å²) in [5.74, 6) is 2.38. The van der Waals surface area contributed by atoms with Crippen LogP contribution in [0, 0.1) is 0 Å². The molecule has 180 valence electrons. The molecule has 0 saturated carbocycles. The lowest BCUT2D eigenvalue weighted by atomic mass is 10.2. The number of aliphatic hydroxyl groups excluding tert-OH is 1. The van der Waals surface area contributed by atoms with Crippen molar-refractivity contribution >= 4 is 5.69 Å². The summed E-state index contributed by atoms with van der Waals surface area (Å²) in [6, 6.07) is 23.9. The van der Waals surface area contributed by atoms with Gasteiger partial charge >= 0.3 is 0 Å². The van der Waals surface area contributed by atoms with Crippen LogP contribution in [-0.2, 0) is 13.2 Å². The van der Waals surface area contributed by atoms with Gasteiger partial charge in [-0.05, 0) is 42.3 Å². The van der Waals surface area contributed by atoms with E-state index in [0.717, 1.165) is 67.5 Å². The van der Waals surface area contributed by atoms with Crippen LogP contribution in [0.5, 0.6) is 17.2 Å². The average Bonchev–Trinajstić information content (AvgIpc) is 2.91. The molecule has 4 rings (SSSR count). The fourth-order valence-corrected chi connectivity index (χ4v) is 4.22. The molecule has 0 bridgehead atoms. The second kappa shape index (κ2) is 12.3. The van der Waals surface area contributed by atoms with Crippen molar-refractivity contribution in [1.82, 2.24) is 4.90 Å². The van der Waals surface area contributed by atoms with Crippen LogP contribution in [0.3, 0.4) is 0 Å². The highest BCUT2D eigenvalue weighted by atomic mass is 16.5. The van der Waals surface area contributed by atoms with Gasteiger partial charge in [0.15, 0.2) is 0 Å². The van der Waals surface area contributed by atoms with Crippen molar-refractivity contribution in [2.75, 3.05) is 51.3 Å². The summed E-state index contributed by atoms with van der Waals surface area (Å²) in [5, 5.41) is 9.79. The Labute approximate surface area is 202 Å². The Morgan fingerprint density at radius 1 is 0.824 bits per heavy atom. The maximum absolute atomic E-state index is 9.79. The number of hydrogen-bond acceptors (Lipinski definition) is 6. The van der Waals surface area contributed by atoms with Crippen molar-refractivity contribution in [3.8, 4) is 17.2 Å². The monoisotopic (exact) mass is 462 g/mol. The highest BCUT2D eigenvalue weighted by molar-refractivity contribution is 5.58. The molecule has 1 saturated heterocycles. The van der Waals surface area contributed by atoms with E-state index in [-0.39, 0.29) is 6.61 Å². The third-order valence-electron chi connectivity index (χ3n) is 6.13. The van der Waals surface area contributed by atoms with Crippen LogP contribution >= 0.6 is 0 Å². The molecule has 0 aromatic heterocycles. The van der Waals surface area contributed by atoms with Crippen LogP contribution in [0.1, 0.15) is 17.5 Å². The molecule has 1 aliphatic rings. The van der Waals surface area contributed by atoms with Gasteiger partial charge in [-0.1, -0.05) is 42.5 Å². The number of aliphatic hydroxyl groups is 1. The van der Waals surface area contributed by atoms with E-state index in [1.807, 2.05) is 60.7 Å². The predicted molar refractivity (Wildman–Crippen MR) is 135 cm³/mol. The van der Waals surface area contributed by atoms with E-state index in [0.29, 0.717) is 13.2 Å². The Kier molecular flexibility index (Phi) is 8.65. The summed E-state index contributed by atoms with van der Waals surface area (Å²) >= 11 is 0. The molecule has 34 heavy (non-hydrogen) atoms. The number of benzene rings is 3. The van der Waals surface area contributed by atoms with Crippen molar-refractivity contribution in [3.05, 3.63) is 83.9 Å². The molecule has 3 aromatic rings. The number of hydrogen-bond donors (Lipinski definition) is 1. The summed E-state index contributed by atoms with van der Waals surface area (Å²) < 4.78 is 17.4. The highest BCUT2D eigenvalue weighted by Gasteiger charge is 2.19. The van der Waals surface area contributed by atoms with Gasteiger partial charge in [-0.2, -0.15) is 0 Å². The maximum Gasteiger partial charge on any atom is 0.142 e. The molecule has 6 nitrogen and oxygen atoms in total. The largest absolute Gasteiger partial charge is 0.495 e. The number of rotatable bonds is 11. The highest BCUT2D eigenvalue weighted by Crippen LogP contribution is 2.28. The minimum absolute atomic E-state index is 0.0806. The van der Waals surface area contributed by atoms with Gasteiger partial charge in [0.2, 0.25) is 0 Å². The van der Waals surface area contributed by atoms with E-state index in [1.165, 1.54) is 5.69 Å². The lowest BCUT2D eigenvalue weighted by Crippen LogP contribution is -2.46. The summed E-state index contributed by atoms with van der Waals surface area (Å²) in [6.07, 6.45) is 0.936. The molecule has 6 heteroatoms. The zero-order chi connectivity index (χ0) is 23.6. The van der Waals surface area contributed by atoms with Gasteiger partial charge in [0.25, 0.3) is 0 Å². The molecule has 0 atom stereocenters. The van der Waals surface area contributed by atoms with Gasteiger partial charge in [0, 0.05) is 38.3 Å². The van der Waals surface area contributed by atoms with Crippen molar-refractivity contribution < 1.29 is 19.3 Å². The van der Waals surface area contributed by atoms with Crippen molar-refractivity contribution in [2.45, 2.75) is 19.6 Å². The van der Waals surface area contributed by atoms with Crippen LogP contribution in [0.4, 0.5) is 5.69 Å². The van der Waals surface area contributed by atoms with Gasteiger partial charge < -0.3 is 24.2 Å². The number of ether oxygens (including phenoxy) is 3. The summed E-state index contributed by atoms with van der Waals surface area (Å²) in [5.41, 5.74) is 3.02. The number of methoxy groups -OCH3 is 1. The van der Waals surface area contributed by atoms with E-state index in [4.69, 9.17) is 14.2 Å². The Morgan fingerprint density at radius 3 is 2.35 bits per heavy atom. The van der Waals surface area contributed by atoms with E-state index in [9.17, 15) is 5.11 Å². The SMILES string of the molecule is COc1ccccc1N1CCN(CCCOc2ccc(OCc3ccccc3)cc2CO)CC1. The first-order valence-corrected chi connectivity index (χ1v) is 11.9. The summed E-state index contributed by atoms with van der Waals surface area (Å²) in [7, 11) is 1.72. The smallest absolute Gasteiger partial charge is 0.142 e. The fourth-order valence-electron chi connectivity index (χ4n) is 4.22. The predicted octanol–water partition coefficient (Wildman–Crippen LogP) is 4.36. The minimum atomic E-state index is -0.0806. The van der Waals surface area contributed by atoms with Crippen LogP contribution in [0.25, 0.3) is 0 Å². The lowest BCUT2D eigenvalue weighted by Gasteiger charge is -2.36. The number of nitrogens with zero attached hydrogens (tertiary/aromatic N) is 2. The van der Waals surface area contributed by atoms with Gasteiger partial charge in [-0.15, -0.1) is 0 Å². The number of piperazine rings is 1. The van der Waals surface area contributed by atoms with E-state index >= 15 is 0 Å². The molecule has 3 aromatic carbocycles. The molecular formula is C28H34N2O4. The molecule has 1 aliphatic heterocycles. The Balaban J connectivity index is 1.19. The van der Waals surface area contributed by atoms with Crippen molar-refractivity contribution in [3.63, 3.8) is 0 Å². The Hall–Kier alpha value is -3.22. The Bertz CT molecular complexity index is 1020. The maximum atomic E-state index is 9.79. The molecule has 0 spiro atoms. The van der Waals surface area contributed by atoms with Crippen molar-refractivity contribution in [2.24, 2.45) is 0 Å². The first kappa shape index (κ1) is 23.9. The standard InChI is InChI=1S/C28H34N2O4/c1-32-28-11-6-5-10-26(28)30-17-15-29(16-18-30)14-7-19-33-27-13-12-25(20-24(27)21-31)34-22-23-8-3-2-4-9-23/h2-6,8-13,20,31H,7,14-19,21-22H2,1H3. The molecule has 0 unspecified atom stereocenters. The first-order valence-electron chi connectivity index (χ1n) is 11.9. The third kappa shape index (κ3) is 6.43. The summed E-state index contributed by atoms with van der Waals surface area (Å²) in [6.45, 7) is 6.04. The molecule has 0 aliphatic carbocycles. The molecule has 1 fully saturated rings. The van der Waals surface area contributed by atoms with Gasteiger partial charge in [-0.3, -0.25) is 4.90 Å². The molecule has 1 heterocycles. The quantitative estimate of drug-likeness (QED) is 0.428. The third-order valence-corrected chi connectivity index (χ3v) is 6.13. The first-order chi connectivity index (χ1) is 16.8. The lowest BCUT2D eigenvalue weighted by molar-refractivity contribution is 0.219. The van der Waals surface area contributed by atoms with E-state index in [2.05, 4.69) is 21.9 Å². The molecule has 1 N–H and O–H groups in total. The summed E-state index contributed by atoms with van der Waals surface area (Å²) in [4.78, 5) is 4.86. The fraction of sp³-hybridized carbons (Fsp3) is 0.357. The second-order valence-electron chi connectivity index (χ2n) is 8.40. The zero-order valence-corrected chi connectivity index (χ0v) is 19.9. The van der Waals surface area contributed by atoms with Crippen LogP contribution in [-0.4, -0.2) is 56.4 Å². The molecular weight excluding hydrogens is 428 g/mol. The zero-order valence-electron chi connectivity index (χ0n) is 19.9. The number of para-hydroxylation sites is 2. The topological polar surface area (TPSA) is 54.4 Å². The Morgan fingerprint density at radius 2 is 1.59 bits per heavy atom. The van der Waals surface area contributed by atoms with E-state index < -0.39 is 0 Å². The second-order valence-corrected chi connectivity index (χ2v) is 8.40. The molecule has 0 amide bonds. The average molecular weight is 463 g/mol. The van der Waals surface area contributed by atoms with Crippen LogP contribution < -0.4 is 19.1 Å². The van der Waals surface area contributed by atoms with Gasteiger partial charge in [-0.25, -0.2) is 0 Å². The molecule has 0 radical (unpaired) electrons. The van der Waals surface area contributed by atoms with Gasteiger partial charge in [0.05, 0.1) is 26.0 Å². The van der Waals surface area contributed by atoms with E-state index in [1.54, 1.807) is 7.11 Å². The van der Waals surface area contributed by atoms with Crippen LogP contribution in [0.15, 0.2) is 72.8 Å². The number of anilines is 1.